The smallest absolute Gasteiger partial charge is 0.134 e. The Kier molecular flexibility index (Phi) is 3.61. The van der Waals surface area contributed by atoms with Crippen molar-refractivity contribution in [2.45, 2.75) is 53.9 Å². The fourth-order valence-corrected chi connectivity index (χ4v) is 2.84. The summed E-state index contributed by atoms with van der Waals surface area (Å²) in [6.45, 7) is 10.3. The van der Waals surface area contributed by atoms with Crippen LogP contribution in [-0.4, -0.2) is 0 Å². The van der Waals surface area contributed by atoms with E-state index >= 15 is 0 Å². The Morgan fingerprint density at radius 2 is 1.61 bits per heavy atom. The van der Waals surface area contributed by atoms with Crippen LogP contribution in [-0.2, 0) is 0 Å². The molecule has 0 nitrogen and oxygen atoms in total. The molecule has 0 saturated carbocycles. The molecule has 98 valence electrons. The van der Waals surface area contributed by atoms with Crippen molar-refractivity contribution in [1.82, 2.24) is 0 Å². The van der Waals surface area contributed by atoms with E-state index in [0.29, 0.717) is 0 Å². The summed E-state index contributed by atoms with van der Waals surface area (Å²) in [5.74, 6) is 0.737. The van der Waals surface area contributed by atoms with Gasteiger partial charge in [-0.25, -0.2) is 4.39 Å². The quantitative estimate of drug-likeness (QED) is 0.634. The van der Waals surface area contributed by atoms with Crippen LogP contribution in [0.1, 0.15) is 54.0 Å². The van der Waals surface area contributed by atoms with Crippen LogP contribution >= 0.6 is 0 Å². The Morgan fingerprint density at radius 1 is 1.00 bits per heavy atom. The third kappa shape index (κ3) is 2.11. The van der Waals surface area contributed by atoms with Gasteiger partial charge < -0.3 is 0 Å². The minimum absolute atomic E-state index is 0.00333. The van der Waals surface area contributed by atoms with Gasteiger partial charge in [0.05, 0.1) is 0 Å². The summed E-state index contributed by atoms with van der Waals surface area (Å²) < 4.78 is 14.5. The molecular formula is C17H23F. The van der Waals surface area contributed by atoms with Gasteiger partial charge in [-0.2, -0.15) is 0 Å². The van der Waals surface area contributed by atoms with E-state index in [9.17, 15) is 4.39 Å². The largest absolute Gasteiger partial charge is 0.206 e. The van der Waals surface area contributed by atoms with Crippen molar-refractivity contribution < 1.29 is 4.39 Å². The predicted molar refractivity (Wildman–Crippen MR) is 76.3 cm³/mol. The first-order chi connectivity index (χ1) is 8.43. The van der Waals surface area contributed by atoms with Crippen LogP contribution in [0, 0.1) is 39.4 Å². The van der Waals surface area contributed by atoms with Crippen LogP contribution in [0.5, 0.6) is 0 Å². The van der Waals surface area contributed by atoms with E-state index in [0.717, 1.165) is 41.0 Å². The minimum atomic E-state index is -0.00333. The average molecular weight is 246 g/mol. The molecular weight excluding hydrogens is 223 g/mol. The third-order valence-electron chi connectivity index (χ3n) is 4.61. The lowest BCUT2D eigenvalue weighted by atomic mass is 9.83. The van der Waals surface area contributed by atoms with Crippen LogP contribution in [0.25, 0.3) is 5.57 Å². The molecule has 0 aliphatic heterocycles. The predicted octanol–water partition coefficient (Wildman–Crippen LogP) is 5.26. The van der Waals surface area contributed by atoms with Crippen molar-refractivity contribution >= 4 is 5.57 Å². The highest BCUT2D eigenvalue weighted by molar-refractivity contribution is 5.72. The van der Waals surface area contributed by atoms with Crippen LogP contribution in [0.3, 0.4) is 0 Å². The number of allylic oxidation sites excluding steroid dienone is 2. The van der Waals surface area contributed by atoms with E-state index in [4.69, 9.17) is 0 Å². The summed E-state index contributed by atoms with van der Waals surface area (Å²) in [4.78, 5) is 0. The van der Waals surface area contributed by atoms with E-state index < -0.39 is 0 Å². The van der Waals surface area contributed by atoms with Gasteiger partial charge >= 0.3 is 0 Å². The molecule has 1 aliphatic carbocycles. The van der Waals surface area contributed by atoms with Crippen LogP contribution in [0.15, 0.2) is 6.08 Å². The molecule has 0 aromatic heterocycles. The fourth-order valence-electron chi connectivity index (χ4n) is 2.84. The Hall–Kier alpha value is -1.11. The van der Waals surface area contributed by atoms with Crippen LogP contribution in [0.4, 0.5) is 4.39 Å². The van der Waals surface area contributed by atoms with Crippen LogP contribution in [0.2, 0.25) is 0 Å². The van der Waals surface area contributed by atoms with E-state index in [2.05, 4.69) is 26.8 Å². The lowest BCUT2D eigenvalue weighted by molar-refractivity contribution is 0.530. The molecule has 1 atom stereocenters. The molecule has 2 rings (SSSR count). The van der Waals surface area contributed by atoms with Gasteiger partial charge in [-0.05, 0) is 80.7 Å². The maximum Gasteiger partial charge on any atom is 0.134 e. The maximum absolute atomic E-state index is 14.5. The number of halogens is 1. The summed E-state index contributed by atoms with van der Waals surface area (Å²) in [5.41, 5.74) is 6.36. The first kappa shape index (κ1) is 13.3. The molecule has 0 fully saturated rings. The van der Waals surface area contributed by atoms with Crippen molar-refractivity contribution in [1.29, 1.82) is 0 Å². The second-order valence-electron chi connectivity index (χ2n) is 5.80. The number of hydrogen-bond donors (Lipinski definition) is 0. The van der Waals surface area contributed by atoms with Gasteiger partial charge in [-0.15, -0.1) is 0 Å². The Bertz CT molecular complexity index is 480. The van der Waals surface area contributed by atoms with Crippen molar-refractivity contribution in [3.8, 4) is 0 Å². The normalized spacial score (nSPS) is 19.9. The van der Waals surface area contributed by atoms with Crippen molar-refractivity contribution in [3.63, 3.8) is 0 Å². The summed E-state index contributed by atoms with van der Waals surface area (Å²) in [6, 6.07) is 0. The first-order valence-corrected chi connectivity index (χ1v) is 6.88. The van der Waals surface area contributed by atoms with Gasteiger partial charge in [0.25, 0.3) is 0 Å². The molecule has 1 aromatic carbocycles. The molecule has 1 aliphatic rings. The molecule has 1 unspecified atom stereocenters. The molecule has 0 bridgehead atoms. The van der Waals surface area contributed by atoms with Gasteiger partial charge in [-0.1, -0.05) is 13.0 Å². The molecule has 0 amide bonds. The summed E-state index contributed by atoms with van der Waals surface area (Å²) in [6.07, 6.45) is 5.52. The molecule has 0 heterocycles. The summed E-state index contributed by atoms with van der Waals surface area (Å²) >= 11 is 0. The van der Waals surface area contributed by atoms with Gasteiger partial charge in [0.1, 0.15) is 5.82 Å². The molecule has 0 spiro atoms. The highest BCUT2D eigenvalue weighted by atomic mass is 19.1. The number of rotatable bonds is 1. The summed E-state index contributed by atoms with van der Waals surface area (Å²) in [5, 5.41) is 0. The zero-order valence-corrected chi connectivity index (χ0v) is 12.2. The molecule has 0 radical (unpaired) electrons. The topological polar surface area (TPSA) is 0 Å². The summed E-state index contributed by atoms with van der Waals surface area (Å²) in [7, 11) is 0. The van der Waals surface area contributed by atoms with Crippen molar-refractivity contribution in [2.75, 3.05) is 0 Å². The Balaban J connectivity index is 2.58. The third-order valence-corrected chi connectivity index (χ3v) is 4.61. The molecule has 1 heteroatoms. The fraction of sp³-hybridized carbons (Fsp3) is 0.529. The van der Waals surface area contributed by atoms with E-state index in [1.165, 1.54) is 17.6 Å². The van der Waals surface area contributed by atoms with Gasteiger partial charge in [-0.3, -0.25) is 0 Å². The standard InChI is InChI=1S/C17H23F/c1-10-6-8-15(9-7-10)16-13(4)11(2)12(3)14(5)17(16)18/h8,10H,6-7,9H2,1-5H3. The SMILES string of the molecule is Cc1c(C)c(C)c(C2=CCC(C)CC2)c(F)c1C. The second-order valence-corrected chi connectivity index (χ2v) is 5.80. The zero-order valence-electron chi connectivity index (χ0n) is 12.2. The Labute approximate surface area is 110 Å². The average Bonchev–Trinajstić information content (AvgIpc) is 2.36. The Morgan fingerprint density at radius 3 is 2.17 bits per heavy atom. The monoisotopic (exact) mass is 246 g/mol. The second kappa shape index (κ2) is 4.87. The van der Waals surface area contributed by atoms with E-state index in [1.807, 2.05) is 13.8 Å². The van der Waals surface area contributed by atoms with Crippen molar-refractivity contribution in [2.24, 2.45) is 5.92 Å². The zero-order chi connectivity index (χ0) is 13.4. The molecule has 0 saturated heterocycles. The van der Waals surface area contributed by atoms with Crippen molar-refractivity contribution in [3.05, 3.63) is 39.7 Å². The van der Waals surface area contributed by atoms with Gasteiger partial charge in [0, 0.05) is 5.56 Å². The molecule has 1 aromatic rings. The maximum atomic E-state index is 14.5. The minimum Gasteiger partial charge on any atom is -0.206 e. The van der Waals surface area contributed by atoms with Gasteiger partial charge in [0.2, 0.25) is 0 Å². The van der Waals surface area contributed by atoms with E-state index in [1.54, 1.807) is 0 Å². The molecule has 18 heavy (non-hydrogen) atoms. The lowest BCUT2D eigenvalue weighted by Crippen LogP contribution is -2.07. The number of hydrogen-bond acceptors (Lipinski definition) is 0. The van der Waals surface area contributed by atoms with Crippen LogP contribution < -0.4 is 0 Å². The van der Waals surface area contributed by atoms with Gasteiger partial charge in [0.15, 0.2) is 0 Å². The lowest BCUT2D eigenvalue weighted by Gasteiger charge is -2.23. The highest BCUT2D eigenvalue weighted by Crippen LogP contribution is 2.36. The first-order valence-electron chi connectivity index (χ1n) is 6.88. The molecule has 0 N–H and O–H groups in total. The highest BCUT2D eigenvalue weighted by Gasteiger charge is 2.20. The number of benzene rings is 1. The van der Waals surface area contributed by atoms with E-state index in [-0.39, 0.29) is 5.82 Å².